The third-order valence-electron chi connectivity index (χ3n) is 2.25. The van der Waals surface area contributed by atoms with E-state index >= 15 is 0 Å². The van der Waals surface area contributed by atoms with Crippen molar-refractivity contribution in [2.24, 2.45) is 5.73 Å². The normalized spacial score (nSPS) is 17.3. The van der Waals surface area contributed by atoms with Crippen LogP contribution in [0.1, 0.15) is 26.2 Å². The Morgan fingerprint density at radius 2 is 2.14 bits per heavy atom. The minimum absolute atomic E-state index is 0.154. The molecule has 0 aromatic heterocycles. The van der Waals surface area contributed by atoms with Crippen molar-refractivity contribution < 1.29 is 8.42 Å². The van der Waals surface area contributed by atoms with E-state index in [2.05, 4.69) is 0 Å². The van der Waals surface area contributed by atoms with Crippen LogP contribution < -0.4 is 5.73 Å². The Kier molecular flexibility index (Phi) is 3.86. The first-order chi connectivity index (χ1) is 6.47. The standard InChI is InChI=1S/C8H16N2O2S2/c1-2-14(11,12)10(7-3-4-7)6-5-8(9)13/h7H,2-6H2,1H3,(H2,9,13). The van der Waals surface area contributed by atoms with Crippen LogP contribution in [0.2, 0.25) is 0 Å². The SMILES string of the molecule is CCS(=O)(=O)N(CCC(N)=S)C1CC1. The molecule has 14 heavy (non-hydrogen) atoms. The Hall–Kier alpha value is -0.200. The van der Waals surface area contributed by atoms with Crippen molar-refractivity contribution in [2.45, 2.75) is 32.2 Å². The van der Waals surface area contributed by atoms with Crippen LogP contribution in [-0.4, -0.2) is 36.1 Å². The third-order valence-corrected chi connectivity index (χ3v) is 4.38. The lowest BCUT2D eigenvalue weighted by Gasteiger charge is -2.20. The van der Waals surface area contributed by atoms with Gasteiger partial charge in [0, 0.05) is 19.0 Å². The second-order valence-corrected chi connectivity index (χ2v) is 6.19. The van der Waals surface area contributed by atoms with Crippen LogP contribution >= 0.6 is 12.2 Å². The van der Waals surface area contributed by atoms with Gasteiger partial charge in [-0.05, 0) is 19.8 Å². The van der Waals surface area contributed by atoms with Crippen molar-refractivity contribution >= 4 is 27.2 Å². The summed E-state index contributed by atoms with van der Waals surface area (Å²) >= 11 is 4.74. The summed E-state index contributed by atoms with van der Waals surface area (Å²) in [5.41, 5.74) is 5.36. The molecule has 1 aliphatic rings. The second-order valence-electron chi connectivity index (χ2n) is 3.46. The molecule has 0 saturated heterocycles. The summed E-state index contributed by atoms with van der Waals surface area (Å²) in [5, 5.41) is 0. The van der Waals surface area contributed by atoms with Crippen molar-refractivity contribution in [1.82, 2.24) is 4.31 Å². The van der Waals surface area contributed by atoms with Gasteiger partial charge in [0.1, 0.15) is 0 Å². The van der Waals surface area contributed by atoms with E-state index in [4.69, 9.17) is 18.0 Å². The van der Waals surface area contributed by atoms with E-state index in [1.807, 2.05) is 0 Å². The molecule has 1 aliphatic carbocycles. The van der Waals surface area contributed by atoms with Gasteiger partial charge in [-0.3, -0.25) is 0 Å². The molecule has 0 radical (unpaired) electrons. The van der Waals surface area contributed by atoms with Crippen LogP contribution in [0.3, 0.4) is 0 Å². The fraction of sp³-hybridized carbons (Fsp3) is 0.875. The summed E-state index contributed by atoms with van der Waals surface area (Å²) in [6, 6.07) is 0.203. The highest BCUT2D eigenvalue weighted by molar-refractivity contribution is 7.89. The number of sulfonamides is 1. The maximum atomic E-state index is 11.6. The zero-order valence-electron chi connectivity index (χ0n) is 8.27. The Labute approximate surface area is 90.5 Å². The van der Waals surface area contributed by atoms with Crippen LogP contribution in [0.25, 0.3) is 0 Å². The largest absolute Gasteiger partial charge is 0.393 e. The van der Waals surface area contributed by atoms with Gasteiger partial charge in [-0.2, -0.15) is 4.31 Å². The molecule has 0 aliphatic heterocycles. The van der Waals surface area contributed by atoms with E-state index in [9.17, 15) is 8.42 Å². The molecule has 1 fully saturated rings. The van der Waals surface area contributed by atoms with Gasteiger partial charge in [-0.25, -0.2) is 8.42 Å². The Bertz CT molecular complexity index is 309. The summed E-state index contributed by atoms with van der Waals surface area (Å²) in [4.78, 5) is 0.377. The highest BCUT2D eigenvalue weighted by atomic mass is 32.2. The van der Waals surface area contributed by atoms with Crippen LogP contribution in [0.5, 0.6) is 0 Å². The molecule has 6 heteroatoms. The summed E-state index contributed by atoms with van der Waals surface area (Å²) in [6.07, 6.45) is 2.41. The van der Waals surface area contributed by atoms with Crippen molar-refractivity contribution in [3.63, 3.8) is 0 Å². The molecule has 1 rings (SSSR count). The molecule has 0 heterocycles. The van der Waals surface area contributed by atoms with E-state index < -0.39 is 10.0 Å². The molecule has 82 valence electrons. The predicted octanol–water partition coefficient (Wildman–Crippen LogP) is 0.477. The fourth-order valence-electron chi connectivity index (χ4n) is 1.30. The van der Waals surface area contributed by atoms with Gasteiger partial charge in [0.2, 0.25) is 10.0 Å². The molecule has 2 N–H and O–H groups in total. The quantitative estimate of drug-likeness (QED) is 0.681. The third kappa shape index (κ3) is 3.18. The Morgan fingerprint density at radius 3 is 2.50 bits per heavy atom. The summed E-state index contributed by atoms with van der Waals surface area (Å²) in [6.45, 7) is 2.10. The van der Waals surface area contributed by atoms with Crippen LogP contribution in [-0.2, 0) is 10.0 Å². The number of hydrogen-bond acceptors (Lipinski definition) is 3. The number of nitrogens with zero attached hydrogens (tertiary/aromatic N) is 1. The molecule has 0 amide bonds. The molecule has 0 spiro atoms. The maximum absolute atomic E-state index is 11.6. The zero-order chi connectivity index (χ0) is 10.8. The lowest BCUT2D eigenvalue weighted by molar-refractivity contribution is 0.414. The minimum atomic E-state index is -3.07. The summed E-state index contributed by atoms with van der Waals surface area (Å²) in [5.74, 6) is 0.154. The highest BCUT2D eigenvalue weighted by Crippen LogP contribution is 2.29. The predicted molar refractivity (Wildman–Crippen MR) is 60.6 cm³/mol. The lowest BCUT2D eigenvalue weighted by Crippen LogP contribution is -2.36. The fourth-order valence-corrected chi connectivity index (χ4v) is 2.75. The highest BCUT2D eigenvalue weighted by Gasteiger charge is 2.35. The van der Waals surface area contributed by atoms with Gasteiger partial charge in [0.25, 0.3) is 0 Å². The number of nitrogens with two attached hydrogens (primary N) is 1. The van der Waals surface area contributed by atoms with Crippen molar-refractivity contribution in [2.75, 3.05) is 12.3 Å². The monoisotopic (exact) mass is 236 g/mol. The van der Waals surface area contributed by atoms with Crippen molar-refractivity contribution in [3.05, 3.63) is 0 Å². The molecule has 4 nitrogen and oxygen atoms in total. The van der Waals surface area contributed by atoms with Gasteiger partial charge in [-0.15, -0.1) is 0 Å². The number of thiocarbonyl (C=S) groups is 1. The maximum Gasteiger partial charge on any atom is 0.214 e. The summed E-state index contributed by atoms with van der Waals surface area (Å²) < 4.78 is 24.8. The Balaban J connectivity index is 2.60. The first-order valence-corrected chi connectivity index (χ1v) is 6.77. The van der Waals surface area contributed by atoms with E-state index in [0.717, 1.165) is 12.8 Å². The van der Waals surface area contributed by atoms with E-state index in [1.54, 1.807) is 11.2 Å². The van der Waals surface area contributed by atoms with Crippen molar-refractivity contribution in [3.8, 4) is 0 Å². The number of rotatable bonds is 6. The van der Waals surface area contributed by atoms with Crippen LogP contribution in [0, 0.1) is 0 Å². The average molecular weight is 236 g/mol. The molecule has 0 bridgehead atoms. The molecule has 0 unspecified atom stereocenters. The van der Waals surface area contributed by atoms with Crippen molar-refractivity contribution in [1.29, 1.82) is 0 Å². The Morgan fingerprint density at radius 1 is 1.57 bits per heavy atom. The van der Waals surface area contributed by atoms with Gasteiger partial charge in [0.05, 0.1) is 10.7 Å². The molecule has 0 atom stereocenters. The van der Waals surface area contributed by atoms with Gasteiger partial charge < -0.3 is 5.73 Å². The van der Waals surface area contributed by atoms with Crippen LogP contribution in [0.4, 0.5) is 0 Å². The molecular weight excluding hydrogens is 220 g/mol. The van der Waals surface area contributed by atoms with Gasteiger partial charge in [0.15, 0.2) is 0 Å². The summed E-state index contributed by atoms with van der Waals surface area (Å²) in [7, 11) is -3.07. The lowest BCUT2D eigenvalue weighted by atomic mass is 10.4. The average Bonchev–Trinajstić information content (AvgIpc) is 2.87. The molecule has 0 aromatic carbocycles. The smallest absolute Gasteiger partial charge is 0.214 e. The van der Waals surface area contributed by atoms with E-state index in [0.29, 0.717) is 18.0 Å². The minimum Gasteiger partial charge on any atom is -0.393 e. The van der Waals surface area contributed by atoms with Gasteiger partial charge >= 0.3 is 0 Å². The zero-order valence-corrected chi connectivity index (χ0v) is 9.90. The van der Waals surface area contributed by atoms with E-state index in [-0.39, 0.29) is 11.8 Å². The first-order valence-electron chi connectivity index (χ1n) is 4.75. The molecule has 0 aromatic rings. The van der Waals surface area contributed by atoms with Gasteiger partial charge in [-0.1, -0.05) is 12.2 Å². The topological polar surface area (TPSA) is 63.4 Å². The second kappa shape index (κ2) is 4.55. The molecule has 1 saturated carbocycles. The molecular formula is C8H16N2O2S2. The number of hydrogen-bond donors (Lipinski definition) is 1. The first kappa shape index (κ1) is 11.9. The van der Waals surface area contributed by atoms with E-state index in [1.165, 1.54) is 0 Å². The van der Waals surface area contributed by atoms with Crippen LogP contribution in [0.15, 0.2) is 0 Å².